The molecular formula is C31H30ClN3O4S2. The normalized spacial score (nSPS) is 14.3. The van der Waals surface area contributed by atoms with Gasteiger partial charge in [0.2, 0.25) is 5.52 Å². The third-order valence-corrected chi connectivity index (χ3v) is 9.17. The van der Waals surface area contributed by atoms with Gasteiger partial charge in [0.15, 0.2) is 0 Å². The Morgan fingerprint density at radius 2 is 1.41 bits per heavy atom. The minimum atomic E-state index is -4.94. The average Bonchev–Trinajstić information content (AvgIpc) is 3.59. The van der Waals surface area contributed by atoms with Crippen LogP contribution in [0.1, 0.15) is 37.2 Å². The molecule has 212 valence electrons. The molecule has 0 saturated carbocycles. The number of halogens is 1. The van der Waals surface area contributed by atoms with Crippen LogP contribution in [0.15, 0.2) is 82.7 Å². The van der Waals surface area contributed by atoms with Crippen molar-refractivity contribution in [3.05, 3.63) is 94.2 Å². The van der Waals surface area contributed by atoms with Gasteiger partial charge in [-0.1, -0.05) is 71.6 Å². The first kappa shape index (κ1) is 29.3. The Morgan fingerprint density at radius 3 is 2.10 bits per heavy atom. The number of nitrogens with zero attached hydrogens (tertiary/aromatic N) is 3. The first-order valence-corrected chi connectivity index (χ1v) is 16.2. The zero-order chi connectivity index (χ0) is 29.1. The Balaban J connectivity index is 0.000000623. The first-order chi connectivity index (χ1) is 19.7. The van der Waals surface area contributed by atoms with Crippen LogP contribution in [0.4, 0.5) is 5.69 Å². The lowest BCUT2D eigenvalue weighted by molar-refractivity contribution is -2.00. The molecule has 0 saturated heterocycles. The number of benzene rings is 3. The van der Waals surface area contributed by atoms with Crippen LogP contribution in [-0.2, 0) is 13.1 Å². The zero-order valence-electron chi connectivity index (χ0n) is 23.0. The van der Waals surface area contributed by atoms with E-state index in [1.54, 1.807) is 0 Å². The van der Waals surface area contributed by atoms with Gasteiger partial charge in [0.1, 0.15) is 11.2 Å². The SMILES string of the molecule is CCN1/C(=C/c2c3ccccc3c(/C=C/c3sc4ccccc4[n+]3CC)n2CC)Sc2ccccc21.[O-][Cl+3]([O-])([O-])[O-]. The molecule has 1 aliphatic rings. The molecule has 5 aromatic rings. The Labute approximate surface area is 249 Å². The number of anilines is 1. The average molecular weight is 608 g/mol. The summed E-state index contributed by atoms with van der Waals surface area (Å²) in [6, 6.07) is 26.2. The van der Waals surface area contributed by atoms with Gasteiger partial charge in [0.25, 0.3) is 5.01 Å². The summed E-state index contributed by atoms with van der Waals surface area (Å²) in [6.07, 6.45) is 7.01. The highest BCUT2D eigenvalue weighted by Gasteiger charge is 2.25. The summed E-state index contributed by atoms with van der Waals surface area (Å²) in [7, 11) is -4.94. The molecule has 0 radical (unpaired) electrons. The third-order valence-electron chi connectivity index (χ3n) is 6.93. The Hall–Kier alpha value is -3.15. The van der Waals surface area contributed by atoms with Gasteiger partial charge in [-0.05, 0) is 51.1 Å². The van der Waals surface area contributed by atoms with Crippen LogP contribution >= 0.6 is 23.1 Å². The molecule has 6 rings (SSSR count). The van der Waals surface area contributed by atoms with Crippen molar-refractivity contribution in [1.29, 1.82) is 0 Å². The highest BCUT2D eigenvalue weighted by Crippen LogP contribution is 2.47. The van der Waals surface area contributed by atoms with E-state index in [1.165, 1.54) is 53.0 Å². The van der Waals surface area contributed by atoms with Gasteiger partial charge in [-0.3, -0.25) is 0 Å². The second-order valence-corrected chi connectivity index (χ2v) is 12.1. The monoisotopic (exact) mass is 607 g/mol. The predicted octanol–water partition coefficient (Wildman–Crippen LogP) is 3.53. The van der Waals surface area contributed by atoms with Crippen molar-refractivity contribution in [2.24, 2.45) is 0 Å². The van der Waals surface area contributed by atoms with Gasteiger partial charge in [0.05, 0.1) is 16.4 Å². The zero-order valence-corrected chi connectivity index (χ0v) is 25.3. The van der Waals surface area contributed by atoms with E-state index in [0.29, 0.717) is 0 Å². The molecule has 7 nitrogen and oxygen atoms in total. The van der Waals surface area contributed by atoms with Crippen LogP contribution in [0, 0.1) is 10.2 Å². The van der Waals surface area contributed by atoms with Gasteiger partial charge in [-0.2, -0.15) is 4.57 Å². The van der Waals surface area contributed by atoms with Gasteiger partial charge in [0, 0.05) is 46.6 Å². The summed E-state index contributed by atoms with van der Waals surface area (Å²) in [4.78, 5) is 3.76. The summed E-state index contributed by atoms with van der Waals surface area (Å²) in [5, 5.41) is 5.18. The number of aryl methyl sites for hydroxylation is 1. The largest absolute Gasteiger partial charge is 0.341 e. The molecule has 41 heavy (non-hydrogen) atoms. The summed E-state index contributed by atoms with van der Waals surface area (Å²) in [5.41, 5.74) is 5.16. The number of thiazole rings is 1. The molecule has 1 aliphatic heterocycles. The lowest BCUT2D eigenvalue weighted by atomic mass is 10.1. The molecule has 0 aliphatic carbocycles. The highest BCUT2D eigenvalue weighted by atomic mass is 35.7. The van der Waals surface area contributed by atoms with Crippen LogP contribution in [0.2, 0.25) is 0 Å². The number of para-hydroxylation sites is 2. The summed E-state index contributed by atoms with van der Waals surface area (Å²) < 4.78 is 40.2. The molecule has 0 unspecified atom stereocenters. The third kappa shape index (κ3) is 6.22. The van der Waals surface area contributed by atoms with E-state index in [2.05, 4.69) is 126 Å². The van der Waals surface area contributed by atoms with Crippen molar-refractivity contribution in [2.45, 2.75) is 38.8 Å². The number of hydrogen-bond acceptors (Lipinski definition) is 7. The maximum atomic E-state index is 8.49. The smallest absolute Gasteiger partial charge is 0.262 e. The second kappa shape index (κ2) is 12.4. The number of fused-ring (bicyclic) bond motifs is 3. The fourth-order valence-corrected chi connectivity index (χ4v) is 7.57. The second-order valence-electron chi connectivity index (χ2n) is 9.22. The Kier molecular flexibility index (Phi) is 8.86. The molecule has 3 heterocycles. The molecule has 2 aromatic heterocycles. The lowest BCUT2D eigenvalue weighted by Crippen LogP contribution is -2.68. The Morgan fingerprint density at radius 1 is 0.780 bits per heavy atom. The first-order valence-electron chi connectivity index (χ1n) is 13.3. The Bertz CT molecular complexity index is 1750. The number of thioether (sulfide) groups is 1. The molecule has 0 fully saturated rings. The maximum Gasteiger partial charge on any atom is 0.262 e. The van der Waals surface area contributed by atoms with Crippen molar-refractivity contribution in [2.75, 3.05) is 11.4 Å². The van der Waals surface area contributed by atoms with Gasteiger partial charge >= 0.3 is 0 Å². The molecule has 0 amide bonds. The lowest BCUT2D eigenvalue weighted by Gasteiger charge is -2.18. The highest BCUT2D eigenvalue weighted by molar-refractivity contribution is 8.03. The quantitative estimate of drug-likeness (QED) is 0.274. The fourth-order valence-electron chi connectivity index (χ4n) is 5.28. The van der Waals surface area contributed by atoms with Gasteiger partial charge < -0.3 is 9.47 Å². The van der Waals surface area contributed by atoms with Crippen LogP contribution in [-0.4, -0.2) is 11.1 Å². The molecule has 0 N–H and O–H groups in total. The minimum Gasteiger partial charge on any atom is -0.341 e. The van der Waals surface area contributed by atoms with Gasteiger partial charge in [-0.25, -0.2) is 18.6 Å². The number of aromatic nitrogens is 2. The van der Waals surface area contributed by atoms with Crippen LogP contribution in [0.3, 0.4) is 0 Å². The van der Waals surface area contributed by atoms with Crippen molar-refractivity contribution in [3.8, 4) is 0 Å². The van der Waals surface area contributed by atoms with E-state index in [9.17, 15) is 0 Å². The van der Waals surface area contributed by atoms with Crippen LogP contribution < -0.4 is 28.1 Å². The summed E-state index contributed by atoms with van der Waals surface area (Å²) >= 11 is 3.73. The maximum absolute atomic E-state index is 8.49. The number of rotatable bonds is 6. The van der Waals surface area contributed by atoms with Crippen molar-refractivity contribution >= 4 is 68.0 Å². The minimum absolute atomic E-state index is 0.914. The van der Waals surface area contributed by atoms with E-state index in [0.717, 1.165) is 19.6 Å². The van der Waals surface area contributed by atoms with Crippen molar-refractivity contribution in [3.63, 3.8) is 0 Å². The van der Waals surface area contributed by atoms with Gasteiger partial charge in [-0.15, -0.1) is 10.2 Å². The van der Waals surface area contributed by atoms with E-state index >= 15 is 0 Å². The molecule has 10 heteroatoms. The molecular weight excluding hydrogens is 578 g/mol. The molecule has 0 bridgehead atoms. The number of hydrogen-bond donors (Lipinski definition) is 0. The van der Waals surface area contributed by atoms with E-state index < -0.39 is 10.2 Å². The summed E-state index contributed by atoms with van der Waals surface area (Å²) in [5.74, 6) is 0. The predicted molar refractivity (Wildman–Crippen MR) is 158 cm³/mol. The molecule has 0 spiro atoms. The van der Waals surface area contributed by atoms with E-state index in [1.807, 2.05) is 23.1 Å². The molecule has 3 aromatic carbocycles. The topological polar surface area (TPSA) is 104 Å². The molecule has 0 atom stereocenters. The van der Waals surface area contributed by atoms with E-state index in [-0.39, 0.29) is 0 Å². The van der Waals surface area contributed by atoms with Crippen LogP contribution in [0.5, 0.6) is 0 Å². The standard InChI is InChI=1S/C31H30N3S2.ClHO4/c1-4-32-24(19-20-30-33(5-2)25-15-9-11-17-28(25)35-30)22-13-7-8-14-23(22)27(32)21-31-34(6-3)26-16-10-12-18-29(26)36-31;2-1(3,4)5/h7-21H,4-6H2,1-3H3;(H,2,3,4,5)/q+1;/p-1. The van der Waals surface area contributed by atoms with E-state index in [4.69, 9.17) is 18.6 Å². The fraction of sp³-hybridized carbons (Fsp3) is 0.194. The van der Waals surface area contributed by atoms with Crippen molar-refractivity contribution < 1.29 is 33.4 Å². The van der Waals surface area contributed by atoms with Crippen molar-refractivity contribution in [1.82, 2.24) is 4.57 Å². The van der Waals surface area contributed by atoms with Crippen LogP contribution in [0.25, 0.3) is 39.2 Å². The summed E-state index contributed by atoms with van der Waals surface area (Å²) in [6.45, 7) is 9.53.